The quantitative estimate of drug-likeness (QED) is 0.795. The van der Waals surface area contributed by atoms with Crippen LogP contribution in [0.15, 0.2) is 61.2 Å². The van der Waals surface area contributed by atoms with Gasteiger partial charge < -0.3 is 9.84 Å². The molecule has 2 aromatic heterocycles. The molecule has 0 fully saturated rings. The first kappa shape index (κ1) is 13.7. The molecule has 0 atom stereocenters. The van der Waals surface area contributed by atoms with Crippen molar-refractivity contribution in [2.75, 3.05) is 0 Å². The highest BCUT2D eigenvalue weighted by molar-refractivity contribution is 5.87. The van der Waals surface area contributed by atoms with Gasteiger partial charge in [-0.1, -0.05) is 0 Å². The molecule has 6 nitrogen and oxygen atoms in total. The lowest BCUT2D eigenvalue weighted by atomic mass is 10.2. The Kier molecular flexibility index (Phi) is 3.74. The van der Waals surface area contributed by atoms with Crippen LogP contribution in [0.1, 0.15) is 10.4 Å². The number of pyridine rings is 1. The van der Waals surface area contributed by atoms with Crippen LogP contribution in [0, 0.1) is 0 Å². The van der Waals surface area contributed by atoms with Crippen molar-refractivity contribution in [3.8, 4) is 22.9 Å². The van der Waals surface area contributed by atoms with Gasteiger partial charge in [0.2, 0.25) is 5.88 Å². The zero-order chi connectivity index (χ0) is 15.4. The van der Waals surface area contributed by atoms with Crippen LogP contribution in [-0.4, -0.2) is 26.0 Å². The third kappa shape index (κ3) is 2.90. The molecule has 0 aliphatic heterocycles. The first-order valence-electron chi connectivity index (χ1n) is 6.46. The molecule has 0 spiro atoms. The first-order chi connectivity index (χ1) is 10.7. The summed E-state index contributed by atoms with van der Waals surface area (Å²) in [7, 11) is 0. The Morgan fingerprint density at radius 1 is 1.00 bits per heavy atom. The summed E-state index contributed by atoms with van der Waals surface area (Å²) in [6.45, 7) is 0. The van der Waals surface area contributed by atoms with Gasteiger partial charge in [0.05, 0.1) is 16.8 Å². The summed E-state index contributed by atoms with van der Waals surface area (Å²) in [6.07, 6.45) is 4.71. The number of hydrogen-bond donors (Lipinski definition) is 1. The van der Waals surface area contributed by atoms with E-state index in [4.69, 9.17) is 9.84 Å². The van der Waals surface area contributed by atoms with Gasteiger partial charge >= 0.3 is 5.97 Å². The molecule has 0 radical (unpaired) electrons. The van der Waals surface area contributed by atoms with Gasteiger partial charge in [0, 0.05) is 12.4 Å². The van der Waals surface area contributed by atoms with Gasteiger partial charge in [-0.25, -0.2) is 19.7 Å². The molecule has 6 heteroatoms. The maximum atomic E-state index is 10.8. The van der Waals surface area contributed by atoms with Crippen molar-refractivity contribution in [2.45, 2.75) is 0 Å². The van der Waals surface area contributed by atoms with Crippen molar-refractivity contribution < 1.29 is 14.6 Å². The molecule has 22 heavy (non-hydrogen) atoms. The molecule has 3 aromatic rings. The van der Waals surface area contributed by atoms with Gasteiger partial charge in [-0.05, 0) is 42.5 Å². The molecule has 3 rings (SSSR count). The van der Waals surface area contributed by atoms with Gasteiger partial charge in [0.1, 0.15) is 12.1 Å². The van der Waals surface area contributed by atoms with Crippen LogP contribution in [0.25, 0.3) is 11.3 Å². The largest absolute Gasteiger partial charge is 0.478 e. The van der Waals surface area contributed by atoms with Crippen molar-refractivity contribution >= 4 is 5.97 Å². The van der Waals surface area contributed by atoms with Crippen LogP contribution in [-0.2, 0) is 0 Å². The van der Waals surface area contributed by atoms with Gasteiger partial charge in [-0.2, -0.15) is 0 Å². The van der Waals surface area contributed by atoms with E-state index in [1.54, 1.807) is 36.7 Å². The van der Waals surface area contributed by atoms with Crippen LogP contribution in [0.2, 0.25) is 0 Å². The molecule has 0 bridgehead atoms. The Hall–Kier alpha value is -3.28. The summed E-state index contributed by atoms with van der Waals surface area (Å²) < 4.78 is 5.73. The molecule has 0 saturated carbocycles. The fourth-order valence-corrected chi connectivity index (χ4v) is 1.89. The number of benzene rings is 1. The number of carboxylic acids is 1. The lowest BCUT2D eigenvalue weighted by Crippen LogP contribution is -1.96. The van der Waals surface area contributed by atoms with E-state index in [9.17, 15) is 4.79 Å². The number of hydrogen-bond acceptors (Lipinski definition) is 5. The maximum absolute atomic E-state index is 10.8. The second kappa shape index (κ2) is 6.01. The molecule has 2 heterocycles. The minimum absolute atomic E-state index is 0.199. The fourth-order valence-electron chi connectivity index (χ4n) is 1.89. The van der Waals surface area contributed by atoms with Gasteiger partial charge in [0.15, 0.2) is 0 Å². The Balaban J connectivity index is 1.91. The summed E-state index contributed by atoms with van der Waals surface area (Å²) in [4.78, 5) is 23.1. The SMILES string of the molecule is O=C(O)c1ccc(Oc2ncccc2-c2ccncn2)cc1. The monoisotopic (exact) mass is 293 g/mol. The summed E-state index contributed by atoms with van der Waals surface area (Å²) in [5.41, 5.74) is 1.62. The highest BCUT2D eigenvalue weighted by Crippen LogP contribution is 2.29. The second-order valence-corrected chi connectivity index (χ2v) is 4.38. The van der Waals surface area contributed by atoms with Crippen molar-refractivity contribution in [1.82, 2.24) is 15.0 Å². The molecule has 108 valence electrons. The number of aromatic carboxylic acids is 1. The van der Waals surface area contributed by atoms with Crippen molar-refractivity contribution in [2.24, 2.45) is 0 Å². The van der Waals surface area contributed by atoms with Gasteiger partial charge in [-0.3, -0.25) is 0 Å². The molecule has 0 saturated heterocycles. The highest BCUT2D eigenvalue weighted by atomic mass is 16.5. The number of ether oxygens (including phenoxy) is 1. The zero-order valence-corrected chi connectivity index (χ0v) is 11.4. The van der Waals surface area contributed by atoms with Crippen LogP contribution >= 0.6 is 0 Å². The number of carboxylic acid groups (broad SMARTS) is 1. The smallest absolute Gasteiger partial charge is 0.335 e. The second-order valence-electron chi connectivity index (χ2n) is 4.38. The summed E-state index contributed by atoms with van der Waals surface area (Å²) >= 11 is 0. The normalized spacial score (nSPS) is 10.2. The van der Waals surface area contributed by atoms with Crippen LogP contribution in [0.4, 0.5) is 0 Å². The zero-order valence-electron chi connectivity index (χ0n) is 11.4. The van der Waals surface area contributed by atoms with Crippen LogP contribution in [0.3, 0.4) is 0 Å². The first-order valence-corrected chi connectivity index (χ1v) is 6.46. The maximum Gasteiger partial charge on any atom is 0.335 e. The van der Waals surface area contributed by atoms with E-state index >= 15 is 0 Å². The fraction of sp³-hybridized carbons (Fsp3) is 0. The molecule has 0 aliphatic carbocycles. The molecule has 1 aromatic carbocycles. The van der Waals surface area contributed by atoms with Crippen LogP contribution in [0.5, 0.6) is 11.6 Å². The summed E-state index contributed by atoms with van der Waals surface area (Å²) in [6, 6.07) is 11.5. The summed E-state index contributed by atoms with van der Waals surface area (Å²) in [5, 5.41) is 8.89. The van der Waals surface area contributed by atoms with E-state index in [2.05, 4.69) is 15.0 Å². The topological polar surface area (TPSA) is 85.2 Å². The van der Waals surface area contributed by atoms with Gasteiger partial charge in [-0.15, -0.1) is 0 Å². The van der Waals surface area contributed by atoms with Crippen LogP contribution < -0.4 is 4.74 Å². The van der Waals surface area contributed by atoms with Crippen molar-refractivity contribution in [1.29, 1.82) is 0 Å². The predicted molar refractivity (Wildman–Crippen MR) is 78.7 cm³/mol. The lowest BCUT2D eigenvalue weighted by Gasteiger charge is -2.09. The Labute approximate surface area is 126 Å². The number of rotatable bonds is 4. The van der Waals surface area contributed by atoms with E-state index in [1.165, 1.54) is 18.5 Å². The van der Waals surface area contributed by atoms with Crippen molar-refractivity contribution in [3.63, 3.8) is 0 Å². The number of aromatic nitrogens is 3. The third-order valence-electron chi connectivity index (χ3n) is 2.94. The summed E-state index contributed by atoms with van der Waals surface area (Å²) in [5.74, 6) is -0.0886. The van der Waals surface area contributed by atoms with Gasteiger partial charge in [0.25, 0.3) is 0 Å². The molecular weight excluding hydrogens is 282 g/mol. The molecular formula is C16H11N3O3. The predicted octanol–water partition coefficient (Wildman–Crippen LogP) is 3.03. The molecule has 1 N–H and O–H groups in total. The number of nitrogens with zero attached hydrogens (tertiary/aromatic N) is 3. The minimum atomic E-state index is -0.980. The van der Waals surface area contributed by atoms with E-state index in [0.29, 0.717) is 17.3 Å². The van der Waals surface area contributed by atoms with E-state index in [0.717, 1.165) is 5.56 Å². The molecule has 0 aliphatic rings. The minimum Gasteiger partial charge on any atom is -0.478 e. The standard InChI is InChI=1S/C16H11N3O3/c20-16(21)11-3-5-12(6-4-11)22-15-13(2-1-8-18-15)14-7-9-17-10-19-14/h1-10H,(H,20,21). The molecule has 0 amide bonds. The Bertz CT molecular complexity index is 789. The Morgan fingerprint density at radius 2 is 1.82 bits per heavy atom. The lowest BCUT2D eigenvalue weighted by molar-refractivity contribution is 0.0697. The Morgan fingerprint density at radius 3 is 2.50 bits per heavy atom. The van der Waals surface area contributed by atoms with Crippen molar-refractivity contribution in [3.05, 3.63) is 66.7 Å². The van der Waals surface area contributed by atoms with E-state index in [1.807, 2.05) is 6.07 Å². The van der Waals surface area contributed by atoms with E-state index in [-0.39, 0.29) is 5.56 Å². The highest BCUT2D eigenvalue weighted by Gasteiger charge is 2.10. The number of carbonyl (C=O) groups is 1. The average Bonchev–Trinajstić information content (AvgIpc) is 2.57. The molecule has 0 unspecified atom stereocenters. The third-order valence-corrected chi connectivity index (χ3v) is 2.94. The van der Waals surface area contributed by atoms with E-state index < -0.39 is 5.97 Å². The average molecular weight is 293 g/mol.